The van der Waals surface area contributed by atoms with Crippen LogP contribution < -0.4 is 0 Å². The second kappa shape index (κ2) is 3.87. The average molecular weight is 190 g/mol. The first-order valence-corrected chi connectivity index (χ1v) is 4.86. The maximum absolute atomic E-state index is 9.19. The van der Waals surface area contributed by atoms with Crippen LogP contribution in [0.3, 0.4) is 0 Å². The third-order valence-corrected chi connectivity index (χ3v) is 2.39. The highest BCUT2D eigenvalue weighted by molar-refractivity contribution is 5.31. The van der Waals surface area contributed by atoms with Gasteiger partial charge in [-0.3, -0.25) is 0 Å². The molecular formula is C13H18O. The normalized spacial score (nSPS) is 11.4. The van der Waals surface area contributed by atoms with Gasteiger partial charge in [-0.2, -0.15) is 0 Å². The molecule has 0 heterocycles. The van der Waals surface area contributed by atoms with Gasteiger partial charge in [0.2, 0.25) is 0 Å². The highest BCUT2D eigenvalue weighted by Crippen LogP contribution is 2.30. The van der Waals surface area contributed by atoms with Crippen LogP contribution in [0.15, 0.2) is 36.4 Å². The Morgan fingerprint density at radius 1 is 1.29 bits per heavy atom. The summed E-state index contributed by atoms with van der Waals surface area (Å²) in [4.78, 5) is 0. The summed E-state index contributed by atoms with van der Waals surface area (Å²) >= 11 is 0. The molecule has 0 unspecified atom stereocenters. The zero-order chi connectivity index (χ0) is 10.8. The van der Waals surface area contributed by atoms with Crippen molar-refractivity contribution in [3.63, 3.8) is 0 Å². The monoisotopic (exact) mass is 190 g/mol. The lowest BCUT2D eigenvalue weighted by Crippen LogP contribution is -2.16. The Morgan fingerprint density at radius 2 is 1.79 bits per heavy atom. The van der Waals surface area contributed by atoms with Gasteiger partial charge in [0.05, 0.1) is 0 Å². The third-order valence-electron chi connectivity index (χ3n) is 2.39. The van der Waals surface area contributed by atoms with Crippen LogP contribution in [0, 0.1) is 0 Å². The Balaban J connectivity index is 2.91. The molecule has 0 amide bonds. The van der Waals surface area contributed by atoms with E-state index in [0.717, 1.165) is 6.42 Å². The lowest BCUT2D eigenvalue weighted by atomic mass is 9.79. The average Bonchev–Trinajstić information content (AvgIpc) is 2.02. The maximum atomic E-state index is 9.19. The van der Waals surface area contributed by atoms with Crippen LogP contribution in [0.4, 0.5) is 0 Å². The van der Waals surface area contributed by atoms with Gasteiger partial charge >= 0.3 is 0 Å². The lowest BCUT2D eigenvalue weighted by molar-refractivity contribution is 0.472. The van der Waals surface area contributed by atoms with Gasteiger partial charge in [-0.05, 0) is 36.5 Å². The molecule has 76 valence electrons. The van der Waals surface area contributed by atoms with Gasteiger partial charge in [0.1, 0.15) is 5.75 Å². The molecule has 1 nitrogen and oxygen atoms in total. The lowest BCUT2D eigenvalue weighted by Gasteiger charge is -2.25. The highest BCUT2D eigenvalue weighted by Gasteiger charge is 2.20. The van der Waals surface area contributed by atoms with E-state index in [0.29, 0.717) is 5.75 Å². The van der Waals surface area contributed by atoms with Crippen molar-refractivity contribution < 1.29 is 5.11 Å². The van der Waals surface area contributed by atoms with E-state index < -0.39 is 0 Å². The van der Waals surface area contributed by atoms with Crippen molar-refractivity contribution >= 4 is 0 Å². The van der Waals surface area contributed by atoms with Crippen LogP contribution in [-0.4, -0.2) is 5.11 Å². The molecule has 0 saturated carbocycles. The van der Waals surface area contributed by atoms with E-state index in [4.69, 9.17) is 0 Å². The topological polar surface area (TPSA) is 20.2 Å². The fraction of sp³-hybridized carbons (Fsp3) is 0.385. The molecule has 0 aliphatic rings. The van der Waals surface area contributed by atoms with Crippen molar-refractivity contribution in [3.05, 3.63) is 42.0 Å². The molecule has 0 fully saturated rings. The van der Waals surface area contributed by atoms with Gasteiger partial charge in [0.25, 0.3) is 0 Å². The molecule has 1 heteroatoms. The summed E-state index contributed by atoms with van der Waals surface area (Å²) in [6, 6.07) is 7.40. The summed E-state index contributed by atoms with van der Waals surface area (Å²) in [7, 11) is 0. The van der Waals surface area contributed by atoms with Crippen molar-refractivity contribution in [1.82, 2.24) is 0 Å². The smallest absolute Gasteiger partial charge is 0.115 e. The first-order chi connectivity index (χ1) is 6.42. The Hall–Kier alpha value is -1.24. The minimum atomic E-state index is 0.0968. The van der Waals surface area contributed by atoms with Gasteiger partial charge < -0.3 is 5.11 Å². The molecule has 0 aliphatic heterocycles. The zero-order valence-electron chi connectivity index (χ0n) is 9.17. The van der Waals surface area contributed by atoms with Gasteiger partial charge in [-0.1, -0.05) is 31.6 Å². The van der Waals surface area contributed by atoms with Crippen molar-refractivity contribution in [2.24, 2.45) is 0 Å². The van der Waals surface area contributed by atoms with Gasteiger partial charge in [0.15, 0.2) is 0 Å². The van der Waals surface area contributed by atoms with Crippen molar-refractivity contribution in [2.45, 2.75) is 32.6 Å². The number of hydrogen-bond donors (Lipinski definition) is 1. The van der Waals surface area contributed by atoms with E-state index in [1.165, 1.54) is 11.1 Å². The van der Waals surface area contributed by atoms with Crippen LogP contribution in [0.25, 0.3) is 0 Å². The van der Waals surface area contributed by atoms with E-state index in [1.807, 2.05) is 19.1 Å². The Kier molecular flexibility index (Phi) is 3.00. The van der Waals surface area contributed by atoms with E-state index in [-0.39, 0.29) is 5.41 Å². The standard InChI is InChI=1S/C13H18O/c1-10(2)9-13(3,4)11-5-7-12(14)8-6-11/h5-8,14H,1,9H2,2-4H3. The highest BCUT2D eigenvalue weighted by atomic mass is 16.3. The summed E-state index contributed by atoms with van der Waals surface area (Å²) in [6.07, 6.45) is 0.970. The number of phenolic OH excluding ortho intramolecular Hbond substituents is 1. The van der Waals surface area contributed by atoms with E-state index in [2.05, 4.69) is 20.4 Å². The molecule has 14 heavy (non-hydrogen) atoms. The molecule has 1 N–H and O–H groups in total. The number of hydrogen-bond acceptors (Lipinski definition) is 1. The summed E-state index contributed by atoms with van der Waals surface area (Å²) < 4.78 is 0. The van der Waals surface area contributed by atoms with Crippen molar-refractivity contribution in [1.29, 1.82) is 0 Å². The summed E-state index contributed by atoms with van der Waals surface area (Å²) in [5.41, 5.74) is 2.51. The van der Waals surface area contributed by atoms with E-state index in [9.17, 15) is 5.11 Å². The molecular weight excluding hydrogens is 172 g/mol. The fourth-order valence-electron chi connectivity index (χ4n) is 1.77. The van der Waals surface area contributed by atoms with E-state index >= 15 is 0 Å². The Labute approximate surface area is 86.1 Å². The zero-order valence-corrected chi connectivity index (χ0v) is 9.17. The predicted octanol–water partition coefficient (Wildman–Crippen LogP) is 3.64. The van der Waals surface area contributed by atoms with Crippen LogP contribution >= 0.6 is 0 Å². The molecule has 0 aromatic heterocycles. The quantitative estimate of drug-likeness (QED) is 0.721. The van der Waals surface area contributed by atoms with E-state index in [1.54, 1.807) is 12.1 Å². The molecule has 1 aromatic rings. The summed E-state index contributed by atoms with van der Waals surface area (Å²) in [6.45, 7) is 10.4. The van der Waals surface area contributed by atoms with Crippen molar-refractivity contribution in [3.8, 4) is 5.75 Å². The molecule has 0 aliphatic carbocycles. The molecule has 0 saturated heterocycles. The molecule has 0 radical (unpaired) electrons. The van der Waals surface area contributed by atoms with Gasteiger partial charge in [0, 0.05) is 0 Å². The fourth-order valence-corrected chi connectivity index (χ4v) is 1.77. The third kappa shape index (κ3) is 2.63. The van der Waals surface area contributed by atoms with Gasteiger partial charge in [-0.15, -0.1) is 6.58 Å². The van der Waals surface area contributed by atoms with Crippen LogP contribution in [0.5, 0.6) is 5.75 Å². The number of phenols is 1. The largest absolute Gasteiger partial charge is 0.508 e. The number of benzene rings is 1. The van der Waals surface area contributed by atoms with Gasteiger partial charge in [-0.25, -0.2) is 0 Å². The molecule has 1 rings (SSSR count). The molecule has 0 atom stereocenters. The van der Waals surface area contributed by atoms with Crippen LogP contribution in [0.2, 0.25) is 0 Å². The first kappa shape index (κ1) is 10.8. The second-order valence-corrected chi connectivity index (χ2v) is 4.56. The second-order valence-electron chi connectivity index (χ2n) is 4.56. The minimum absolute atomic E-state index is 0.0968. The Bertz CT molecular complexity index is 320. The summed E-state index contributed by atoms with van der Waals surface area (Å²) in [5, 5.41) is 9.19. The number of rotatable bonds is 3. The number of aromatic hydroxyl groups is 1. The molecule has 0 bridgehead atoms. The molecule has 0 spiro atoms. The predicted molar refractivity (Wildman–Crippen MR) is 60.6 cm³/mol. The first-order valence-electron chi connectivity index (χ1n) is 4.86. The van der Waals surface area contributed by atoms with Crippen LogP contribution in [-0.2, 0) is 5.41 Å². The SMILES string of the molecule is C=C(C)CC(C)(C)c1ccc(O)cc1. The molecule has 1 aromatic carbocycles. The Morgan fingerprint density at radius 3 is 2.21 bits per heavy atom. The van der Waals surface area contributed by atoms with Crippen molar-refractivity contribution in [2.75, 3.05) is 0 Å². The number of allylic oxidation sites excluding steroid dienone is 1. The van der Waals surface area contributed by atoms with Crippen LogP contribution in [0.1, 0.15) is 32.8 Å². The maximum Gasteiger partial charge on any atom is 0.115 e. The summed E-state index contributed by atoms with van der Waals surface area (Å²) in [5.74, 6) is 0.319. The minimum Gasteiger partial charge on any atom is -0.508 e.